The minimum Gasteiger partial charge on any atom is -0.399 e. The van der Waals surface area contributed by atoms with Crippen LogP contribution in [0.1, 0.15) is 5.56 Å². The zero-order chi connectivity index (χ0) is 13.1. The molecule has 0 amide bonds. The number of nitrogen functional groups attached to an aromatic ring is 1. The number of hydrogen-bond acceptors (Lipinski definition) is 2. The molecule has 1 nitrogen and oxygen atoms in total. The molecule has 0 aromatic heterocycles. The van der Waals surface area contributed by atoms with Crippen LogP contribution in [0.15, 0.2) is 45.8 Å². The molecule has 2 aromatic rings. The normalized spacial score (nSPS) is 10.6. The van der Waals surface area contributed by atoms with Crippen molar-refractivity contribution >= 4 is 33.4 Å². The molecule has 0 saturated heterocycles. The van der Waals surface area contributed by atoms with Crippen LogP contribution < -0.4 is 5.73 Å². The predicted molar refractivity (Wildman–Crippen MR) is 74.5 cm³/mol. The molecule has 94 valence electrons. The van der Waals surface area contributed by atoms with Gasteiger partial charge in [-0.05, 0) is 42.0 Å². The third-order valence-electron chi connectivity index (χ3n) is 2.35. The highest BCUT2D eigenvalue weighted by atomic mass is 79.9. The fraction of sp³-hybridized carbons (Fsp3) is 0.0769. The lowest BCUT2D eigenvalue weighted by molar-refractivity contribution is 0.602. The zero-order valence-electron chi connectivity index (χ0n) is 9.29. The first-order valence-corrected chi connectivity index (χ1v) is 6.96. The largest absolute Gasteiger partial charge is 0.399 e. The Kier molecular flexibility index (Phi) is 4.24. The molecule has 0 unspecified atom stereocenters. The summed E-state index contributed by atoms with van der Waals surface area (Å²) in [4.78, 5) is 0.500. The summed E-state index contributed by atoms with van der Waals surface area (Å²) in [5.41, 5.74) is 6.65. The summed E-state index contributed by atoms with van der Waals surface area (Å²) in [5.74, 6) is -0.168. The number of anilines is 1. The van der Waals surface area contributed by atoms with E-state index < -0.39 is 0 Å². The van der Waals surface area contributed by atoms with Crippen LogP contribution in [0.5, 0.6) is 0 Å². The maximum Gasteiger partial charge on any atom is 0.138 e. The van der Waals surface area contributed by atoms with Gasteiger partial charge in [0.25, 0.3) is 0 Å². The van der Waals surface area contributed by atoms with Crippen molar-refractivity contribution in [1.82, 2.24) is 0 Å². The molecular weight excluding hydrogens is 320 g/mol. The number of thioether (sulfide) groups is 1. The molecule has 0 aliphatic rings. The molecule has 0 radical (unpaired) electrons. The SMILES string of the molecule is Nc1ccc(SCc2cc(F)ccc2Br)c(F)c1. The summed E-state index contributed by atoms with van der Waals surface area (Å²) < 4.78 is 27.4. The van der Waals surface area contributed by atoms with Gasteiger partial charge in [0.1, 0.15) is 11.6 Å². The average molecular weight is 330 g/mol. The molecule has 2 rings (SSSR count). The highest BCUT2D eigenvalue weighted by Gasteiger charge is 2.06. The second kappa shape index (κ2) is 5.71. The van der Waals surface area contributed by atoms with E-state index in [0.717, 1.165) is 10.0 Å². The molecule has 0 spiro atoms. The molecule has 0 bridgehead atoms. The van der Waals surface area contributed by atoms with E-state index in [1.54, 1.807) is 18.2 Å². The van der Waals surface area contributed by atoms with Crippen LogP contribution in [0, 0.1) is 11.6 Å². The Labute approximate surface area is 117 Å². The molecule has 2 N–H and O–H groups in total. The van der Waals surface area contributed by atoms with Crippen LogP contribution in [-0.4, -0.2) is 0 Å². The molecule has 0 saturated carbocycles. The predicted octanol–water partition coefficient (Wildman–Crippen LogP) is 4.60. The Morgan fingerprint density at radius 1 is 1.11 bits per heavy atom. The number of halogens is 3. The second-order valence-electron chi connectivity index (χ2n) is 3.71. The van der Waals surface area contributed by atoms with Gasteiger partial charge in [0, 0.05) is 20.8 Å². The van der Waals surface area contributed by atoms with Crippen LogP contribution in [0.2, 0.25) is 0 Å². The number of rotatable bonds is 3. The Morgan fingerprint density at radius 3 is 2.61 bits per heavy atom. The van der Waals surface area contributed by atoms with Crippen LogP contribution in [-0.2, 0) is 5.75 Å². The quantitative estimate of drug-likeness (QED) is 0.657. The van der Waals surface area contributed by atoms with Crippen molar-refractivity contribution in [3.05, 3.63) is 58.1 Å². The lowest BCUT2D eigenvalue weighted by atomic mass is 10.2. The third kappa shape index (κ3) is 3.23. The molecule has 2 aromatic carbocycles. The summed E-state index contributed by atoms with van der Waals surface area (Å²) in [6, 6.07) is 9.01. The topological polar surface area (TPSA) is 26.0 Å². The Morgan fingerprint density at radius 2 is 1.89 bits per heavy atom. The second-order valence-corrected chi connectivity index (χ2v) is 5.59. The number of nitrogens with two attached hydrogens (primary N) is 1. The van der Waals surface area contributed by atoms with Gasteiger partial charge < -0.3 is 5.73 Å². The first kappa shape index (κ1) is 13.4. The fourth-order valence-corrected chi connectivity index (χ4v) is 2.93. The minimum atomic E-state index is -0.354. The van der Waals surface area contributed by atoms with E-state index in [2.05, 4.69) is 15.9 Å². The van der Waals surface area contributed by atoms with Crippen molar-refractivity contribution in [1.29, 1.82) is 0 Å². The summed E-state index contributed by atoms with van der Waals surface area (Å²) in [7, 11) is 0. The molecule has 0 heterocycles. The van der Waals surface area contributed by atoms with Crippen molar-refractivity contribution in [2.45, 2.75) is 10.6 Å². The Balaban J connectivity index is 2.13. The maximum atomic E-state index is 13.5. The van der Waals surface area contributed by atoms with Gasteiger partial charge in [-0.15, -0.1) is 11.8 Å². The van der Waals surface area contributed by atoms with E-state index in [1.165, 1.54) is 30.0 Å². The van der Waals surface area contributed by atoms with Crippen molar-refractivity contribution < 1.29 is 8.78 Å². The highest BCUT2D eigenvalue weighted by molar-refractivity contribution is 9.10. The number of hydrogen-bond donors (Lipinski definition) is 1. The van der Waals surface area contributed by atoms with Crippen LogP contribution >= 0.6 is 27.7 Å². The van der Waals surface area contributed by atoms with Gasteiger partial charge in [0.05, 0.1) is 0 Å². The van der Waals surface area contributed by atoms with Crippen molar-refractivity contribution in [3.8, 4) is 0 Å². The summed E-state index contributed by atoms with van der Waals surface area (Å²) in [6.07, 6.45) is 0. The Bertz CT molecular complexity index is 575. The van der Waals surface area contributed by atoms with Crippen molar-refractivity contribution in [2.75, 3.05) is 5.73 Å². The molecule has 0 atom stereocenters. The summed E-state index contributed by atoms with van der Waals surface area (Å²) in [6.45, 7) is 0. The van der Waals surface area contributed by atoms with Crippen LogP contribution in [0.4, 0.5) is 14.5 Å². The van der Waals surface area contributed by atoms with Gasteiger partial charge in [0.15, 0.2) is 0 Å². The lowest BCUT2D eigenvalue weighted by Gasteiger charge is -2.06. The lowest BCUT2D eigenvalue weighted by Crippen LogP contribution is -1.90. The minimum absolute atomic E-state index is 0.299. The van der Waals surface area contributed by atoms with Crippen LogP contribution in [0.25, 0.3) is 0 Å². The highest BCUT2D eigenvalue weighted by Crippen LogP contribution is 2.29. The summed E-state index contributed by atoms with van der Waals surface area (Å²) >= 11 is 4.64. The van der Waals surface area contributed by atoms with Gasteiger partial charge in [-0.3, -0.25) is 0 Å². The van der Waals surface area contributed by atoms with Gasteiger partial charge in [-0.25, -0.2) is 8.78 Å². The monoisotopic (exact) mass is 329 g/mol. The molecule has 0 aliphatic heterocycles. The first-order valence-electron chi connectivity index (χ1n) is 5.18. The van der Waals surface area contributed by atoms with E-state index in [0.29, 0.717) is 16.3 Å². The van der Waals surface area contributed by atoms with Gasteiger partial charge in [-0.1, -0.05) is 15.9 Å². The van der Waals surface area contributed by atoms with E-state index in [1.807, 2.05) is 0 Å². The molecule has 0 fully saturated rings. The third-order valence-corrected chi connectivity index (χ3v) is 4.22. The van der Waals surface area contributed by atoms with E-state index in [4.69, 9.17) is 5.73 Å². The molecule has 0 aliphatic carbocycles. The smallest absolute Gasteiger partial charge is 0.138 e. The first-order chi connectivity index (χ1) is 8.56. The molecule has 18 heavy (non-hydrogen) atoms. The van der Waals surface area contributed by atoms with Gasteiger partial charge in [-0.2, -0.15) is 0 Å². The average Bonchev–Trinajstić information content (AvgIpc) is 2.32. The Hall–Kier alpha value is -1.07. The standard InChI is InChI=1S/C13H10BrF2NS/c14-11-3-1-9(15)5-8(11)7-18-13-4-2-10(17)6-12(13)16/h1-6H,7,17H2. The van der Waals surface area contributed by atoms with E-state index in [9.17, 15) is 8.78 Å². The van der Waals surface area contributed by atoms with Crippen molar-refractivity contribution in [3.63, 3.8) is 0 Å². The van der Waals surface area contributed by atoms with Gasteiger partial charge in [0.2, 0.25) is 0 Å². The zero-order valence-corrected chi connectivity index (χ0v) is 11.7. The van der Waals surface area contributed by atoms with E-state index in [-0.39, 0.29) is 11.6 Å². The summed E-state index contributed by atoms with van der Waals surface area (Å²) in [5, 5.41) is 0. The van der Waals surface area contributed by atoms with Crippen molar-refractivity contribution in [2.24, 2.45) is 0 Å². The fourth-order valence-electron chi connectivity index (χ4n) is 1.44. The molecule has 5 heteroatoms. The number of benzene rings is 2. The van der Waals surface area contributed by atoms with Crippen LogP contribution in [0.3, 0.4) is 0 Å². The van der Waals surface area contributed by atoms with Gasteiger partial charge >= 0.3 is 0 Å². The molecular formula is C13H10BrF2NS. The van der Waals surface area contributed by atoms with E-state index >= 15 is 0 Å². The maximum absolute atomic E-state index is 13.5.